The van der Waals surface area contributed by atoms with E-state index in [9.17, 15) is 14.4 Å². The smallest absolute Gasteiger partial charge is 0.335 e. The first kappa shape index (κ1) is 15.7. The van der Waals surface area contributed by atoms with Crippen molar-refractivity contribution in [2.24, 2.45) is 5.92 Å². The van der Waals surface area contributed by atoms with E-state index in [2.05, 4.69) is 5.32 Å². The number of amides is 1. The average molecular weight is 279 g/mol. The Morgan fingerprint density at radius 3 is 2.00 bits per heavy atom. The number of aromatic carboxylic acids is 1. The minimum absolute atomic E-state index is 0.0678. The van der Waals surface area contributed by atoms with E-state index in [4.69, 9.17) is 10.2 Å². The maximum absolute atomic E-state index is 11.9. The van der Waals surface area contributed by atoms with Gasteiger partial charge in [0.1, 0.15) is 6.04 Å². The topological polar surface area (TPSA) is 104 Å². The molecule has 108 valence electrons. The molecule has 0 fully saturated rings. The van der Waals surface area contributed by atoms with E-state index in [1.54, 1.807) is 6.92 Å². The van der Waals surface area contributed by atoms with Crippen LogP contribution in [0.4, 0.5) is 0 Å². The van der Waals surface area contributed by atoms with Gasteiger partial charge in [-0.15, -0.1) is 0 Å². The Bertz CT molecular complexity index is 509. The maximum Gasteiger partial charge on any atom is 0.335 e. The molecule has 0 saturated carbocycles. The monoisotopic (exact) mass is 279 g/mol. The highest BCUT2D eigenvalue weighted by atomic mass is 16.4. The minimum atomic E-state index is -1.09. The molecule has 0 heterocycles. The standard InChI is InChI=1S/C14H17NO5/c1-3-8(2)11(14(19)20)15-12(16)9-4-6-10(7-5-9)13(17)18/h4-8,11H,3H2,1-2H3,(H,15,16)(H,17,18)(H,19,20)/t8-,11-/m0/s1. The lowest BCUT2D eigenvalue weighted by Gasteiger charge is -2.20. The van der Waals surface area contributed by atoms with Crippen molar-refractivity contribution < 1.29 is 24.6 Å². The van der Waals surface area contributed by atoms with E-state index < -0.39 is 23.9 Å². The van der Waals surface area contributed by atoms with Crippen LogP contribution in [0.2, 0.25) is 0 Å². The second-order valence-electron chi connectivity index (χ2n) is 4.56. The normalized spacial score (nSPS) is 13.3. The van der Waals surface area contributed by atoms with Gasteiger partial charge in [-0.25, -0.2) is 9.59 Å². The second kappa shape index (κ2) is 6.70. The van der Waals surface area contributed by atoms with Crippen LogP contribution in [0.3, 0.4) is 0 Å². The summed E-state index contributed by atoms with van der Waals surface area (Å²) in [6.07, 6.45) is 0.620. The Balaban J connectivity index is 2.83. The lowest BCUT2D eigenvalue weighted by molar-refractivity contribution is -0.140. The van der Waals surface area contributed by atoms with Gasteiger partial charge in [0.2, 0.25) is 0 Å². The molecule has 6 heteroatoms. The molecule has 0 saturated heterocycles. The van der Waals surface area contributed by atoms with E-state index in [-0.39, 0.29) is 17.0 Å². The van der Waals surface area contributed by atoms with Crippen LogP contribution in [0, 0.1) is 5.92 Å². The molecule has 0 unspecified atom stereocenters. The number of aliphatic carboxylic acids is 1. The fourth-order valence-corrected chi connectivity index (χ4v) is 1.67. The zero-order valence-corrected chi connectivity index (χ0v) is 11.3. The third-order valence-corrected chi connectivity index (χ3v) is 3.16. The number of carboxylic acids is 2. The molecule has 1 rings (SSSR count). The van der Waals surface area contributed by atoms with Crippen LogP contribution in [-0.2, 0) is 4.79 Å². The van der Waals surface area contributed by atoms with E-state index >= 15 is 0 Å². The molecule has 0 aliphatic rings. The number of hydrogen-bond acceptors (Lipinski definition) is 3. The lowest BCUT2D eigenvalue weighted by atomic mass is 9.99. The summed E-state index contributed by atoms with van der Waals surface area (Å²) >= 11 is 0. The van der Waals surface area contributed by atoms with Gasteiger partial charge in [0.25, 0.3) is 5.91 Å². The summed E-state index contributed by atoms with van der Waals surface area (Å²) in [5.74, 6) is -2.90. The molecule has 0 aromatic heterocycles. The molecule has 0 radical (unpaired) electrons. The van der Waals surface area contributed by atoms with Gasteiger partial charge in [-0.3, -0.25) is 4.79 Å². The molecule has 0 aliphatic heterocycles. The van der Waals surface area contributed by atoms with E-state index in [0.717, 1.165) is 0 Å². The molecule has 0 spiro atoms. The summed E-state index contributed by atoms with van der Waals surface area (Å²) in [5.41, 5.74) is 0.294. The van der Waals surface area contributed by atoms with Crippen molar-refractivity contribution in [2.75, 3.05) is 0 Å². The molecule has 3 N–H and O–H groups in total. The molecular formula is C14H17NO5. The van der Waals surface area contributed by atoms with Crippen molar-refractivity contribution in [2.45, 2.75) is 26.3 Å². The van der Waals surface area contributed by atoms with Crippen molar-refractivity contribution in [3.63, 3.8) is 0 Å². The fraction of sp³-hybridized carbons (Fsp3) is 0.357. The SMILES string of the molecule is CC[C@H](C)[C@H](NC(=O)c1ccc(C(=O)O)cc1)C(=O)O. The van der Waals surface area contributed by atoms with Crippen LogP contribution < -0.4 is 5.32 Å². The van der Waals surface area contributed by atoms with Crippen LogP contribution in [0.25, 0.3) is 0 Å². The predicted octanol–water partition coefficient (Wildman–Crippen LogP) is 1.61. The van der Waals surface area contributed by atoms with Crippen molar-refractivity contribution in [1.82, 2.24) is 5.32 Å². The van der Waals surface area contributed by atoms with Crippen LogP contribution >= 0.6 is 0 Å². The molecular weight excluding hydrogens is 262 g/mol. The van der Waals surface area contributed by atoms with Gasteiger partial charge >= 0.3 is 11.9 Å². The van der Waals surface area contributed by atoms with E-state index in [0.29, 0.717) is 6.42 Å². The van der Waals surface area contributed by atoms with Gasteiger partial charge in [0.15, 0.2) is 0 Å². The molecule has 6 nitrogen and oxygen atoms in total. The number of benzene rings is 1. The fourth-order valence-electron chi connectivity index (χ4n) is 1.67. The molecule has 1 aromatic rings. The number of nitrogens with one attached hydrogen (secondary N) is 1. The first-order valence-corrected chi connectivity index (χ1v) is 6.23. The Kier molecular flexibility index (Phi) is 5.25. The van der Waals surface area contributed by atoms with E-state index in [1.807, 2.05) is 6.92 Å². The zero-order chi connectivity index (χ0) is 15.3. The zero-order valence-electron chi connectivity index (χ0n) is 11.3. The molecule has 20 heavy (non-hydrogen) atoms. The van der Waals surface area contributed by atoms with E-state index in [1.165, 1.54) is 24.3 Å². The van der Waals surface area contributed by atoms with Gasteiger partial charge in [-0.1, -0.05) is 20.3 Å². The predicted molar refractivity (Wildman–Crippen MR) is 71.7 cm³/mol. The maximum atomic E-state index is 11.9. The quantitative estimate of drug-likeness (QED) is 0.734. The summed E-state index contributed by atoms with van der Waals surface area (Å²) in [4.78, 5) is 33.8. The summed E-state index contributed by atoms with van der Waals surface area (Å²) in [6, 6.07) is 4.35. The highest BCUT2D eigenvalue weighted by molar-refractivity contribution is 5.97. The van der Waals surface area contributed by atoms with Crippen molar-refractivity contribution in [3.8, 4) is 0 Å². The molecule has 1 amide bonds. The highest BCUT2D eigenvalue weighted by Gasteiger charge is 2.25. The number of hydrogen-bond donors (Lipinski definition) is 3. The largest absolute Gasteiger partial charge is 0.480 e. The third-order valence-electron chi connectivity index (χ3n) is 3.16. The van der Waals surface area contributed by atoms with Crippen LogP contribution in [-0.4, -0.2) is 34.1 Å². The Morgan fingerprint density at radius 1 is 1.10 bits per heavy atom. The molecule has 0 bridgehead atoms. The van der Waals surface area contributed by atoms with Gasteiger partial charge < -0.3 is 15.5 Å². The van der Waals surface area contributed by atoms with Crippen LogP contribution in [0.15, 0.2) is 24.3 Å². The highest BCUT2D eigenvalue weighted by Crippen LogP contribution is 2.10. The summed E-state index contributed by atoms with van der Waals surface area (Å²) in [5, 5.41) is 20.3. The Hall–Kier alpha value is -2.37. The Labute approximate surface area is 116 Å². The minimum Gasteiger partial charge on any atom is -0.480 e. The molecule has 0 aliphatic carbocycles. The van der Waals surface area contributed by atoms with Crippen molar-refractivity contribution in [1.29, 1.82) is 0 Å². The van der Waals surface area contributed by atoms with Gasteiger partial charge in [0, 0.05) is 5.56 Å². The third kappa shape index (κ3) is 3.81. The van der Waals surface area contributed by atoms with Gasteiger partial charge in [0.05, 0.1) is 5.56 Å². The Morgan fingerprint density at radius 2 is 1.60 bits per heavy atom. The molecule has 2 atom stereocenters. The van der Waals surface area contributed by atoms with Crippen molar-refractivity contribution >= 4 is 17.8 Å². The second-order valence-corrected chi connectivity index (χ2v) is 4.56. The van der Waals surface area contributed by atoms with Crippen LogP contribution in [0.1, 0.15) is 41.0 Å². The first-order chi connectivity index (χ1) is 9.36. The van der Waals surface area contributed by atoms with Crippen LogP contribution in [0.5, 0.6) is 0 Å². The first-order valence-electron chi connectivity index (χ1n) is 6.23. The number of carboxylic acid groups (broad SMARTS) is 2. The number of carbonyl (C=O) groups is 3. The van der Waals surface area contributed by atoms with Gasteiger partial charge in [-0.2, -0.15) is 0 Å². The summed E-state index contributed by atoms with van der Waals surface area (Å²) in [7, 11) is 0. The van der Waals surface area contributed by atoms with Gasteiger partial charge in [-0.05, 0) is 30.2 Å². The van der Waals surface area contributed by atoms with Crippen molar-refractivity contribution in [3.05, 3.63) is 35.4 Å². The average Bonchev–Trinajstić information content (AvgIpc) is 2.43. The lowest BCUT2D eigenvalue weighted by Crippen LogP contribution is -2.45. The summed E-state index contributed by atoms with van der Waals surface area (Å²) < 4.78 is 0. The summed E-state index contributed by atoms with van der Waals surface area (Å²) in [6.45, 7) is 3.58. The molecule has 1 aromatic carbocycles. The number of carbonyl (C=O) groups excluding carboxylic acids is 1. The number of rotatable bonds is 6.